The Hall–Kier alpha value is -3.10. The first-order valence-corrected chi connectivity index (χ1v) is 11.1. The number of pyridine rings is 1. The number of aliphatic hydroxyl groups is 1. The summed E-state index contributed by atoms with van der Waals surface area (Å²) in [5.74, 6) is 1.06. The summed E-state index contributed by atoms with van der Waals surface area (Å²) in [4.78, 5) is 27.2. The number of amides is 1. The van der Waals surface area contributed by atoms with Gasteiger partial charge in [0, 0.05) is 67.7 Å². The lowest BCUT2D eigenvalue weighted by Gasteiger charge is -2.36. The molecule has 0 spiro atoms. The van der Waals surface area contributed by atoms with Gasteiger partial charge in [-0.05, 0) is 30.4 Å². The van der Waals surface area contributed by atoms with Crippen LogP contribution in [0, 0.1) is 5.92 Å². The molecule has 4 heterocycles. The van der Waals surface area contributed by atoms with Crippen LogP contribution in [0.3, 0.4) is 0 Å². The second-order valence-electron chi connectivity index (χ2n) is 8.48. The van der Waals surface area contributed by atoms with Crippen LogP contribution in [0.5, 0.6) is 0 Å². The number of methoxy groups -OCH3 is 1. The molecular weight excluding hydrogens is 406 g/mol. The lowest BCUT2D eigenvalue weighted by atomic mass is 9.88. The zero-order valence-electron chi connectivity index (χ0n) is 18.3. The normalized spacial score (nSPS) is 23.3. The summed E-state index contributed by atoms with van der Waals surface area (Å²) in [6.07, 6.45) is 10.1. The van der Waals surface area contributed by atoms with Gasteiger partial charge >= 0.3 is 0 Å². The van der Waals surface area contributed by atoms with Gasteiger partial charge in [-0.2, -0.15) is 0 Å². The molecule has 1 saturated heterocycles. The molecule has 1 amide bonds. The van der Waals surface area contributed by atoms with Gasteiger partial charge < -0.3 is 24.6 Å². The first kappa shape index (κ1) is 20.8. The Morgan fingerprint density at radius 1 is 1.31 bits per heavy atom. The number of nitrogens with zero attached hydrogens (tertiary/aromatic N) is 4. The number of ether oxygens (including phenoxy) is 1. The molecule has 2 aromatic rings. The van der Waals surface area contributed by atoms with Crippen molar-refractivity contribution >= 4 is 22.5 Å². The summed E-state index contributed by atoms with van der Waals surface area (Å²) < 4.78 is 5.49. The van der Waals surface area contributed by atoms with Crippen molar-refractivity contribution in [1.29, 1.82) is 0 Å². The van der Waals surface area contributed by atoms with Gasteiger partial charge in [-0.3, -0.25) is 9.69 Å². The van der Waals surface area contributed by atoms with Gasteiger partial charge in [0.25, 0.3) is 0 Å². The van der Waals surface area contributed by atoms with Crippen molar-refractivity contribution in [2.24, 2.45) is 5.92 Å². The second kappa shape index (κ2) is 8.80. The number of piperazine rings is 1. The average molecular weight is 436 g/mol. The number of H-pyrrole nitrogens is 1. The molecule has 0 aromatic carbocycles. The summed E-state index contributed by atoms with van der Waals surface area (Å²) in [7, 11) is 1.68. The van der Waals surface area contributed by atoms with Crippen LogP contribution < -0.4 is 0 Å². The van der Waals surface area contributed by atoms with E-state index in [0.29, 0.717) is 26.2 Å². The SMILES string of the molecule is COC1=CC2C(c3cc4cccnc4[nH]3)=CN(CC(=O)N3CCN(CCO)CC3)C2C=C1. The highest BCUT2D eigenvalue weighted by Gasteiger charge is 2.37. The van der Waals surface area contributed by atoms with Crippen molar-refractivity contribution < 1.29 is 14.6 Å². The summed E-state index contributed by atoms with van der Waals surface area (Å²) in [6.45, 7) is 4.18. The third-order valence-corrected chi connectivity index (χ3v) is 6.61. The van der Waals surface area contributed by atoms with Crippen LogP contribution in [0.15, 0.2) is 54.6 Å². The van der Waals surface area contributed by atoms with Gasteiger partial charge in [-0.25, -0.2) is 4.98 Å². The molecule has 8 heteroatoms. The van der Waals surface area contributed by atoms with Gasteiger partial charge in [0.2, 0.25) is 5.91 Å². The van der Waals surface area contributed by atoms with Crippen LogP contribution in [-0.2, 0) is 9.53 Å². The highest BCUT2D eigenvalue weighted by Crippen LogP contribution is 2.40. The molecule has 32 heavy (non-hydrogen) atoms. The van der Waals surface area contributed by atoms with Gasteiger partial charge in [0.1, 0.15) is 11.4 Å². The number of rotatable bonds is 6. The van der Waals surface area contributed by atoms with E-state index in [4.69, 9.17) is 9.84 Å². The maximum absolute atomic E-state index is 13.1. The standard InChI is InChI=1S/C24H29N5O3/c1-32-18-4-5-22-19(14-18)20(21-13-17-3-2-6-25-24(17)26-21)15-29(22)16-23(31)28-9-7-27(8-10-28)11-12-30/h2-6,13-15,19,22,30H,7-12,16H2,1H3,(H,25,26). The molecule has 2 unspecified atom stereocenters. The number of nitrogens with one attached hydrogen (secondary N) is 1. The lowest BCUT2D eigenvalue weighted by Crippen LogP contribution is -2.51. The van der Waals surface area contributed by atoms with Gasteiger partial charge in [-0.15, -0.1) is 0 Å². The Morgan fingerprint density at radius 2 is 2.16 bits per heavy atom. The summed E-state index contributed by atoms with van der Waals surface area (Å²) in [5.41, 5.74) is 3.01. The number of β-amino-alcohol motifs (C(OH)–C–C–N with tert-alkyl or cyclic N) is 1. The zero-order chi connectivity index (χ0) is 22.1. The number of aromatic nitrogens is 2. The summed E-state index contributed by atoms with van der Waals surface area (Å²) in [6, 6.07) is 6.17. The number of aliphatic hydroxyl groups excluding tert-OH is 1. The molecule has 1 aliphatic carbocycles. The molecule has 0 bridgehead atoms. The number of hydrogen-bond donors (Lipinski definition) is 2. The number of carbonyl (C=O) groups is 1. The summed E-state index contributed by atoms with van der Waals surface area (Å²) >= 11 is 0. The molecule has 2 atom stereocenters. The molecular formula is C24H29N5O3. The van der Waals surface area contributed by atoms with E-state index in [9.17, 15) is 4.79 Å². The Labute approximate surface area is 187 Å². The van der Waals surface area contributed by atoms with Gasteiger partial charge in [-0.1, -0.05) is 6.08 Å². The molecule has 1 fully saturated rings. The van der Waals surface area contributed by atoms with Crippen LogP contribution in [0.25, 0.3) is 16.6 Å². The van der Waals surface area contributed by atoms with Crippen LogP contribution >= 0.6 is 0 Å². The Balaban J connectivity index is 1.37. The Morgan fingerprint density at radius 3 is 2.91 bits per heavy atom. The largest absolute Gasteiger partial charge is 0.497 e. The predicted molar refractivity (Wildman–Crippen MR) is 122 cm³/mol. The average Bonchev–Trinajstić information content (AvgIpc) is 3.40. The second-order valence-corrected chi connectivity index (χ2v) is 8.48. The van der Waals surface area contributed by atoms with E-state index in [1.807, 2.05) is 23.1 Å². The third kappa shape index (κ3) is 3.91. The fourth-order valence-corrected chi connectivity index (χ4v) is 4.85. The van der Waals surface area contributed by atoms with Crippen molar-refractivity contribution in [3.05, 3.63) is 60.3 Å². The van der Waals surface area contributed by atoms with Crippen LogP contribution in [0.2, 0.25) is 0 Å². The number of aromatic amines is 1. The van der Waals surface area contributed by atoms with E-state index < -0.39 is 0 Å². The highest BCUT2D eigenvalue weighted by atomic mass is 16.5. The number of allylic oxidation sites excluding steroid dienone is 1. The lowest BCUT2D eigenvalue weighted by molar-refractivity contribution is -0.133. The molecule has 2 aromatic heterocycles. The molecule has 2 aliphatic heterocycles. The highest BCUT2D eigenvalue weighted by molar-refractivity contribution is 5.84. The molecule has 168 valence electrons. The van der Waals surface area contributed by atoms with Gasteiger partial charge in [0.05, 0.1) is 26.3 Å². The molecule has 8 nitrogen and oxygen atoms in total. The van der Waals surface area contributed by atoms with E-state index in [0.717, 1.165) is 41.1 Å². The fourth-order valence-electron chi connectivity index (χ4n) is 4.85. The van der Waals surface area contributed by atoms with Crippen molar-refractivity contribution in [2.45, 2.75) is 6.04 Å². The van der Waals surface area contributed by atoms with Crippen molar-refractivity contribution in [1.82, 2.24) is 24.7 Å². The Kier molecular flexibility index (Phi) is 5.71. The number of hydrogen-bond acceptors (Lipinski definition) is 6. The van der Waals surface area contributed by atoms with Crippen molar-refractivity contribution in [3.63, 3.8) is 0 Å². The van der Waals surface area contributed by atoms with Crippen LogP contribution in [0.1, 0.15) is 5.69 Å². The van der Waals surface area contributed by atoms with Crippen LogP contribution in [0.4, 0.5) is 0 Å². The quantitative estimate of drug-likeness (QED) is 0.714. The smallest absolute Gasteiger partial charge is 0.242 e. The first-order chi connectivity index (χ1) is 15.7. The predicted octanol–water partition coefficient (Wildman–Crippen LogP) is 1.44. The molecule has 2 N–H and O–H groups in total. The minimum atomic E-state index is 0.0721. The van der Waals surface area contributed by atoms with E-state index in [2.05, 4.69) is 44.2 Å². The number of carbonyl (C=O) groups excluding carboxylic acids is 1. The molecule has 5 rings (SSSR count). The number of fused-ring (bicyclic) bond motifs is 2. The monoisotopic (exact) mass is 435 g/mol. The molecule has 0 radical (unpaired) electrons. The van der Waals surface area contributed by atoms with Crippen molar-refractivity contribution in [2.75, 3.05) is 53.0 Å². The van der Waals surface area contributed by atoms with E-state index >= 15 is 0 Å². The maximum atomic E-state index is 13.1. The van der Waals surface area contributed by atoms with E-state index in [1.165, 1.54) is 0 Å². The summed E-state index contributed by atoms with van der Waals surface area (Å²) in [5, 5.41) is 10.2. The topological polar surface area (TPSA) is 84.9 Å². The zero-order valence-corrected chi connectivity index (χ0v) is 18.3. The molecule has 0 saturated carbocycles. The van der Waals surface area contributed by atoms with Gasteiger partial charge in [0.15, 0.2) is 0 Å². The third-order valence-electron chi connectivity index (χ3n) is 6.61. The maximum Gasteiger partial charge on any atom is 0.242 e. The minimum absolute atomic E-state index is 0.0721. The minimum Gasteiger partial charge on any atom is -0.497 e. The Bertz CT molecular complexity index is 1050. The molecule has 3 aliphatic rings. The van der Waals surface area contributed by atoms with Crippen LogP contribution in [-0.4, -0.2) is 94.7 Å². The first-order valence-electron chi connectivity index (χ1n) is 11.1. The van der Waals surface area contributed by atoms with E-state index in [1.54, 1.807) is 13.3 Å². The van der Waals surface area contributed by atoms with E-state index in [-0.39, 0.29) is 24.5 Å². The fraction of sp³-hybridized carbons (Fsp3) is 0.417. The van der Waals surface area contributed by atoms with Crippen molar-refractivity contribution in [3.8, 4) is 0 Å².